The maximum atomic E-state index is 11.9. The minimum atomic E-state index is -0.306. The standard InChI is InChI=1S/C14H20N2O3/c1-11(14(18)19-3)10-16(2)13(17)5-4-12-6-8-15-9-7-12/h6-9,11H,4-5,10H2,1-3H3. The number of rotatable bonds is 6. The van der Waals surface area contributed by atoms with Crippen LogP contribution in [0.4, 0.5) is 0 Å². The normalized spacial score (nSPS) is 11.7. The Labute approximate surface area is 113 Å². The molecule has 0 saturated carbocycles. The van der Waals surface area contributed by atoms with Gasteiger partial charge in [0.05, 0.1) is 13.0 Å². The van der Waals surface area contributed by atoms with Crippen molar-refractivity contribution in [1.82, 2.24) is 9.88 Å². The number of methoxy groups -OCH3 is 1. The van der Waals surface area contributed by atoms with Crippen molar-refractivity contribution in [2.24, 2.45) is 5.92 Å². The van der Waals surface area contributed by atoms with E-state index in [0.29, 0.717) is 19.4 Å². The minimum absolute atomic E-state index is 0.0209. The number of carbonyl (C=O) groups excluding carboxylic acids is 2. The van der Waals surface area contributed by atoms with Gasteiger partial charge in [-0.3, -0.25) is 14.6 Å². The van der Waals surface area contributed by atoms with Crippen molar-refractivity contribution in [3.8, 4) is 0 Å². The summed E-state index contributed by atoms with van der Waals surface area (Å²) in [6.45, 7) is 2.13. The number of pyridine rings is 1. The third kappa shape index (κ3) is 5.07. The molecule has 0 radical (unpaired) electrons. The van der Waals surface area contributed by atoms with Crippen LogP contribution in [0.25, 0.3) is 0 Å². The Morgan fingerprint density at radius 2 is 2.00 bits per heavy atom. The highest BCUT2D eigenvalue weighted by atomic mass is 16.5. The lowest BCUT2D eigenvalue weighted by Gasteiger charge is -2.20. The van der Waals surface area contributed by atoms with E-state index >= 15 is 0 Å². The van der Waals surface area contributed by atoms with Gasteiger partial charge in [-0.2, -0.15) is 0 Å². The summed E-state index contributed by atoms with van der Waals surface area (Å²) in [5.41, 5.74) is 1.08. The van der Waals surface area contributed by atoms with E-state index in [0.717, 1.165) is 5.56 Å². The Morgan fingerprint density at radius 1 is 1.37 bits per heavy atom. The maximum absolute atomic E-state index is 11.9. The molecule has 5 heteroatoms. The molecule has 0 spiro atoms. The second-order valence-corrected chi connectivity index (χ2v) is 4.55. The molecule has 1 aromatic heterocycles. The van der Waals surface area contributed by atoms with Crippen LogP contribution < -0.4 is 0 Å². The van der Waals surface area contributed by atoms with Gasteiger partial charge in [0, 0.05) is 32.4 Å². The highest BCUT2D eigenvalue weighted by molar-refractivity contribution is 5.77. The third-order valence-corrected chi connectivity index (χ3v) is 2.95. The Balaban J connectivity index is 2.39. The largest absolute Gasteiger partial charge is 0.469 e. The molecule has 5 nitrogen and oxygen atoms in total. The van der Waals surface area contributed by atoms with Gasteiger partial charge in [0.1, 0.15) is 0 Å². The van der Waals surface area contributed by atoms with Crippen molar-refractivity contribution in [2.45, 2.75) is 19.8 Å². The Kier molecular flexibility index (Phi) is 5.99. The monoisotopic (exact) mass is 264 g/mol. The second-order valence-electron chi connectivity index (χ2n) is 4.55. The summed E-state index contributed by atoms with van der Waals surface area (Å²) >= 11 is 0. The van der Waals surface area contributed by atoms with Crippen molar-refractivity contribution in [1.29, 1.82) is 0 Å². The average Bonchev–Trinajstić information content (AvgIpc) is 2.44. The number of amides is 1. The molecule has 0 aliphatic carbocycles. The lowest BCUT2D eigenvalue weighted by atomic mass is 10.1. The first kappa shape index (κ1) is 15.1. The van der Waals surface area contributed by atoms with Crippen LogP contribution >= 0.6 is 0 Å². The van der Waals surface area contributed by atoms with Gasteiger partial charge in [-0.15, -0.1) is 0 Å². The van der Waals surface area contributed by atoms with Crippen LogP contribution in [0.15, 0.2) is 24.5 Å². The van der Waals surface area contributed by atoms with Crippen molar-refractivity contribution in [2.75, 3.05) is 20.7 Å². The van der Waals surface area contributed by atoms with Crippen LogP contribution in [-0.2, 0) is 20.7 Å². The summed E-state index contributed by atoms with van der Waals surface area (Å²) in [6.07, 6.45) is 4.53. The smallest absolute Gasteiger partial charge is 0.310 e. The summed E-state index contributed by atoms with van der Waals surface area (Å²) in [6, 6.07) is 3.79. The van der Waals surface area contributed by atoms with Crippen molar-refractivity contribution >= 4 is 11.9 Å². The Hall–Kier alpha value is -1.91. The first-order valence-electron chi connectivity index (χ1n) is 6.25. The van der Waals surface area contributed by atoms with Gasteiger partial charge in [0.2, 0.25) is 5.91 Å². The molecule has 1 amide bonds. The Morgan fingerprint density at radius 3 is 2.58 bits per heavy atom. The number of ether oxygens (including phenoxy) is 1. The van der Waals surface area contributed by atoms with Gasteiger partial charge in [0.25, 0.3) is 0 Å². The number of hydrogen-bond donors (Lipinski definition) is 0. The zero-order chi connectivity index (χ0) is 14.3. The minimum Gasteiger partial charge on any atom is -0.469 e. The van der Waals surface area contributed by atoms with Gasteiger partial charge < -0.3 is 9.64 Å². The zero-order valence-electron chi connectivity index (χ0n) is 11.6. The van der Waals surface area contributed by atoms with Crippen LogP contribution in [0, 0.1) is 5.92 Å². The Bertz CT molecular complexity index is 420. The van der Waals surface area contributed by atoms with E-state index < -0.39 is 0 Å². The molecule has 1 unspecified atom stereocenters. The van der Waals surface area contributed by atoms with Gasteiger partial charge >= 0.3 is 5.97 Å². The summed E-state index contributed by atoms with van der Waals surface area (Å²) in [5.74, 6) is -0.582. The molecule has 0 aliphatic rings. The SMILES string of the molecule is COC(=O)C(C)CN(C)C(=O)CCc1ccncc1. The highest BCUT2D eigenvalue weighted by Crippen LogP contribution is 2.06. The molecule has 19 heavy (non-hydrogen) atoms. The number of nitrogens with zero attached hydrogens (tertiary/aromatic N) is 2. The fourth-order valence-electron chi connectivity index (χ4n) is 1.78. The lowest BCUT2D eigenvalue weighted by Crippen LogP contribution is -2.34. The third-order valence-electron chi connectivity index (χ3n) is 2.95. The van der Waals surface area contributed by atoms with Gasteiger partial charge in [-0.05, 0) is 24.1 Å². The topological polar surface area (TPSA) is 59.5 Å². The van der Waals surface area contributed by atoms with E-state index in [1.165, 1.54) is 7.11 Å². The molecule has 0 saturated heterocycles. The molecule has 0 N–H and O–H groups in total. The summed E-state index contributed by atoms with van der Waals surface area (Å²) in [7, 11) is 3.05. The molecule has 0 bridgehead atoms. The number of esters is 1. The lowest BCUT2D eigenvalue weighted by molar-refractivity contribution is -0.146. The van der Waals surface area contributed by atoms with E-state index in [-0.39, 0.29) is 17.8 Å². The predicted molar refractivity (Wildman–Crippen MR) is 71.4 cm³/mol. The van der Waals surface area contributed by atoms with Crippen LogP contribution in [-0.4, -0.2) is 42.5 Å². The van der Waals surface area contributed by atoms with Gasteiger partial charge in [-0.25, -0.2) is 0 Å². The molecule has 104 valence electrons. The molecule has 1 atom stereocenters. The zero-order valence-corrected chi connectivity index (χ0v) is 11.6. The average molecular weight is 264 g/mol. The van der Waals surface area contributed by atoms with E-state index in [2.05, 4.69) is 9.72 Å². The quantitative estimate of drug-likeness (QED) is 0.726. The van der Waals surface area contributed by atoms with Crippen molar-refractivity contribution in [3.05, 3.63) is 30.1 Å². The van der Waals surface area contributed by atoms with Crippen molar-refractivity contribution in [3.63, 3.8) is 0 Å². The van der Waals surface area contributed by atoms with Crippen LogP contribution in [0.3, 0.4) is 0 Å². The fourth-order valence-corrected chi connectivity index (χ4v) is 1.78. The fraction of sp³-hybridized carbons (Fsp3) is 0.500. The number of aromatic nitrogens is 1. The van der Waals surface area contributed by atoms with Crippen LogP contribution in [0.1, 0.15) is 18.9 Å². The number of hydrogen-bond acceptors (Lipinski definition) is 4. The first-order valence-corrected chi connectivity index (χ1v) is 6.25. The molecular formula is C14H20N2O3. The van der Waals surface area contributed by atoms with Gasteiger partial charge in [0.15, 0.2) is 0 Å². The summed E-state index contributed by atoms with van der Waals surface area (Å²) in [5, 5.41) is 0. The number of carbonyl (C=O) groups is 2. The summed E-state index contributed by atoms with van der Waals surface area (Å²) < 4.78 is 4.64. The first-order chi connectivity index (χ1) is 9.04. The van der Waals surface area contributed by atoms with Crippen molar-refractivity contribution < 1.29 is 14.3 Å². The van der Waals surface area contributed by atoms with Crippen LogP contribution in [0.2, 0.25) is 0 Å². The maximum Gasteiger partial charge on any atom is 0.310 e. The van der Waals surface area contributed by atoms with E-state index in [4.69, 9.17) is 0 Å². The van der Waals surface area contributed by atoms with E-state index in [1.54, 1.807) is 31.3 Å². The molecule has 0 fully saturated rings. The summed E-state index contributed by atoms with van der Waals surface area (Å²) in [4.78, 5) is 28.7. The molecule has 1 rings (SSSR count). The van der Waals surface area contributed by atoms with E-state index in [9.17, 15) is 9.59 Å². The molecule has 1 heterocycles. The second kappa shape index (κ2) is 7.51. The molecular weight excluding hydrogens is 244 g/mol. The number of aryl methyl sites for hydroxylation is 1. The molecule has 0 aromatic carbocycles. The van der Waals surface area contributed by atoms with E-state index in [1.807, 2.05) is 12.1 Å². The van der Waals surface area contributed by atoms with Crippen LogP contribution in [0.5, 0.6) is 0 Å². The highest BCUT2D eigenvalue weighted by Gasteiger charge is 2.18. The predicted octanol–water partition coefficient (Wildman–Crippen LogP) is 1.28. The van der Waals surface area contributed by atoms with Gasteiger partial charge in [-0.1, -0.05) is 6.92 Å². The molecule has 0 aliphatic heterocycles. The molecule has 1 aromatic rings.